The maximum atomic E-state index is 11.4. The summed E-state index contributed by atoms with van der Waals surface area (Å²) in [5.74, 6) is 0. The quantitative estimate of drug-likeness (QED) is 0.145. The molecule has 170 valence electrons. The van der Waals surface area contributed by atoms with Gasteiger partial charge in [-0.3, -0.25) is 4.55 Å². The molecule has 0 heterocycles. The van der Waals surface area contributed by atoms with Crippen molar-refractivity contribution in [3.8, 4) is 0 Å². The number of rotatable bonds is 22. The Hall–Kier alpha value is -0.130. The van der Waals surface area contributed by atoms with Crippen molar-refractivity contribution in [1.82, 2.24) is 0 Å². The number of aliphatic hydroxyl groups is 1. The zero-order valence-electron chi connectivity index (χ0n) is 18.5. The second-order valence-electron chi connectivity index (χ2n) is 8.45. The maximum absolute atomic E-state index is 11.4. The van der Waals surface area contributed by atoms with Gasteiger partial charge in [0.2, 0.25) is 0 Å². The molecule has 0 aromatic rings. The van der Waals surface area contributed by atoms with E-state index >= 15 is 0 Å². The van der Waals surface area contributed by atoms with Crippen molar-refractivity contribution < 1.29 is 18.1 Å². The van der Waals surface area contributed by atoms with Crippen molar-refractivity contribution in [2.45, 2.75) is 141 Å². The van der Waals surface area contributed by atoms with Crippen molar-refractivity contribution in [3.63, 3.8) is 0 Å². The second kappa shape index (κ2) is 20.2. The van der Waals surface area contributed by atoms with E-state index in [0.717, 1.165) is 19.3 Å². The summed E-state index contributed by atoms with van der Waals surface area (Å²) in [6.45, 7) is 2.35. The molecule has 0 saturated carbocycles. The fraction of sp³-hybridized carbons (Fsp3) is 1.00. The molecule has 1 atom stereocenters. The lowest BCUT2D eigenvalue weighted by molar-refractivity contribution is 0.281. The van der Waals surface area contributed by atoms with Gasteiger partial charge in [0.25, 0.3) is 10.1 Å². The van der Waals surface area contributed by atoms with Gasteiger partial charge in [0.15, 0.2) is 0 Å². The molecule has 0 fully saturated rings. The van der Waals surface area contributed by atoms with Gasteiger partial charge in [0.1, 0.15) is 0 Å². The minimum absolute atomic E-state index is 0.0806. The summed E-state index contributed by atoms with van der Waals surface area (Å²) in [5, 5.41) is 8.15. The van der Waals surface area contributed by atoms with E-state index in [0.29, 0.717) is 25.7 Å². The number of aliphatic hydroxyl groups excluding tert-OH is 1. The lowest BCUT2D eigenvalue weighted by Gasteiger charge is -2.13. The maximum Gasteiger partial charge on any atom is 0.267 e. The molecule has 0 aromatic carbocycles. The smallest absolute Gasteiger partial charge is 0.267 e. The molecule has 0 saturated heterocycles. The molecule has 0 spiro atoms. The average molecular weight is 421 g/mol. The first-order valence-electron chi connectivity index (χ1n) is 12.1. The highest BCUT2D eigenvalue weighted by Gasteiger charge is 2.21. The van der Waals surface area contributed by atoms with Crippen LogP contribution in [0.3, 0.4) is 0 Å². The number of hydrogen-bond donors (Lipinski definition) is 2. The van der Waals surface area contributed by atoms with Crippen LogP contribution in [-0.4, -0.2) is 29.9 Å². The summed E-state index contributed by atoms with van der Waals surface area (Å²) in [5.41, 5.74) is 0. The Morgan fingerprint density at radius 2 is 0.893 bits per heavy atom. The standard InChI is InChI=1S/C23H48O4S/c1-2-3-4-5-6-7-8-9-10-11-12-13-14-15-16-17-20-23(28(25,26)27)21-18-19-22-24/h23-24H,2-22H2,1H3,(H,25,26,27). The molecule has 1 unspecified atom stereocenters. The molecule has 0 radical (unpaired) electrons. The Bertz CT molecular complexity index is 409. The van der Waals surface area contributed by atoms with Crippen LogP contribution >= 0.6 is 0 Å². The van der Waals surface area contributed by atoms with Crippen molar-refractivity contribution in [2.24, 2.45) is 0 Å². The summed E-state index contributed by atoms with van der Waals surface area (Å²) in [4.78, 5) is 0. The Morgan fingerprint density at radius 3 is 1.21 bits per heavy atom. The molecule has 4 nitrogen and oxygen atoms in total. The SMILES string of the molecule is CCCCCCCCCCCCCCCCCCC(CCCCO)S(=O)(=O)O. The van der Waals surface area contributed by atoms with Crippen LogP contribution in [0.5, 0.6) is 0 Å². The molecule has 5 heteroatoms. The molecule has 0 aromatic heterocycles. The van der Waals surface area contributed by atoms with E-state index in [9.17, 15) is 13.0 Å². The fourth-order valence-corrected chi connectivity index (χ4v) is 4.78. The van der Waals surface area contributed by atoms with Gasteiger partial charge in [-0.15, -0.1) is 0 Å². The van der Waals surface area contributed by atoms with Gasteiger partial charge in [-0.25, -0.2) is 0 Å². The van der Waals surface area contributed by atoms with E-state index in [-0.39, 0.29) is 6.61 Å². The average Bonchev–Trinajstić information content (AvgIpc) is 2.65. The van der Waals surface area contributed by atoms with Crippen LogP contribution in [0.1, 0.15) is 135 Å². The molecule has 0 amide bonds. The second-order valence-corrected chi connectivity index (χ2v) is 10.1. The largest absolute Gasteiger partial charge is 0.396 e. The van der Waals surface area contributed by atoms with Crippen LogP contribution in [0.15, 0.2) is 0 Å². The molecular weight excluding hydrogens is 372 g/mol. The highest BCUT2D eigenvalue weighted by Crippen LogP contribution is 2.18. The normalized spacial score (nSPS) is 13.1. The van der Waals surface area contributed by atoms with E-state index in [1.807, 2.05) is 0 Å². The summed E-state index contributed by atoms with van der Waals surface area (Å²) >= 11 is 0. The first-order chi connectivity index (χ1) is 13.5. The molecule has 0 aliphatic heterocycles. The van der Waals surface area contributed by atoms with Crippen molar-refractivity contribution in [2.75, 3.05) is 6.61 Å². The van der Waals surface area contributed by atoms with E-state index in [1.165, 1.54) is 83.5 Å². The van der Waals surface area contributed by atoms with Crippen molar-refractivity contribution in [1.29, 1.82) is 0 Å². The van der Waals surface area contributed by atoms with E-state index < -0.39 is 15.4 Å². The lowest BCUT2D eigenvalue weighted by atomic mass is 10.0. The summed E-state index contributed by atoms with van der Waals surface area (Å²) in [7, 11) is -3.95. The predicted molar refractivity (Wildman–Crippen MR) is 120 cm³/mol. The van der Waals surface area contributed by atoms with E-state index in [2.05, 4.69) is 6.92 Å². The third kappa shape index (κ3) is 19.2. The van der Waals surface area contributed by atoms with E-state index in [4.69, 9.17) is 5.11 Å². The number of unbranched alkanes of at least 4 members (excludes halogenated alkanes) is 16. The molecule has 28 heavy (non-hydrogen) atoms. The molecule has 0 rings (SSSR count). The molecule has 0 aliphatic carbocycles. The number of hydrogen-bond acceptors (Lipinski definition) is 3. The van der Waals surface area contributed by atoms with Crippen molar-refractivity contribution >= 4 is 10.1 Å². The first kappa shape index (κ1) is 27.9. The van der Waals surface area contributed by atoms with Crippen molar-refractivity contribution in [3.05, 3.63) is 0 Å². The highest BCUT2D eigenvalue weighted by atomic mass is 32.2. The summed E-state index contributed by atoms with van der Waals surface area (Å²) in [6, 6.07) is 0. The van der Waals surface area contributed by atoms with Gasteiger partial charge in [0.05, 0.1) is 5.25 Å². The van der Waals surface area contributed by atoms with Gasteiger partial charge in [-0.1, -0.05) is 110 Å². The van der Waals surface area contributed by atoms with Crippen LogP contribution in [0.2, 0.25) is 0 Å². The topological polar surface area (TPSA) is 74.6 Å². The highest BCUT2D eigenvalue weighted by molar-refractivity contribution is 7.86. The Balaban J connectivity index is 3.40. The summed E-state index contributed by atoms with van der Waals surface area (Å²) < 4.78 is 32.1. The van der Waals surface area contributed by atoms with Crippen LogP contribution in [0.4, 0.5) is 0 Å². The minimum Gasteiger partial charge on any atom is -0.396 e. The van der Waals surface area contributed by atoms with Crippen LogP contribution in [0, 0.1) is 0 Å². The first-order valence-corrected chi connectivity index (χ1v) is 13.6. The lowest BCUT2D eigenvalue weighted by Crippen LogP contribution is -2.20. The van der Waals surface area contributed by atoms with Gasteiger partial charge in [-0.05, 0) is 25.7 Å². The monoisotopic (exact) mass is 420 g/mol. The van der Waals surface area contributed by atoms with Gasteiger partial charge in [0, 0.05) is 6.61 Å². The van der Waals surface area contributed by atoms with Gasteiger partial charge in [-0.2, -0.15) is 8.42 Å². The molecular formula is C23H48O4S. The zero-order chi connectivity index (χ0) is 20.9. The van der Waals surface area contributed by atoms with Gasteiger partial charge >= 0.3 is 0 Å². The Kier molecular flexibility index (Phi) is 20.1. The summed E-state index contributed by atoms with van der Waals surface area (Å²) in [6.07, 6.45) is 23.1. The molecule has 2 N–H and O–H groups in total. The van der Waals surface area contributed by atoms with Crippen LogP contribution < -0.4 is 0 Å². The third-order valence-corrected chi connectivity index (χ3v) is 7.05. The fourth-order valence-electron chi connectivity index (χ4n) is 3.85. The Labute approximate surface area is 175 Å². The predicted octanol–water partition coefficient (Wildman–Crippen LogP) is 7.06. The minimum atomic E-state index is -3.95. The van der Waals surface area contributed by atoms with Crippen LogP contribution in [0.25, 0.3) is 0 Å². The third-order valence-electron chi connectivity index (χ3n) is 5.74. The van der Waals surface area contributed by atoms with E-state index in [1.54, 1.807) is 0 Å². The van der Waals surface area contributed by atoms with Gasteiger partial charge < -0.3 is 5.11 Å². The van der Waals surface area contributed by atoms with Crippen LogP contribution in [-0.2, 0) is 10.1 Å². The molecule has 0 bridgehead atoms. The zero-order valence-corrected chi connectivity index (χ0v) is 19.4. The Morgan fingerprint density at radius 1 is 0.571 bits per heavy atom. The molecule has 0 aliphatic rings.